The van der Waals surface area contributed by atoms with Crippen LogP contribution in [0.1, 0.15) is 18.4 Å². The minimum absolute atomic E-state index is 0.0470. The fraction of sp³-hybridized carbons (Fsp3) is 0.435. The highest BCUT2D eigenvalue weighted by atomic mass is 35.5. The van der Waals surface area contributed by atoms with Gasteiger partial charge in [0.05, 0.1) is 18.1 Å². The lowest BCUT2D eigenvalue weighted by Crippen LogP contribution is -2.40. The number of hydrogen-bond acceptors (Lipinski definition) is 5. The van der Waals surface area contributed by atoms with E-state index in [0.29, 0.717) is 48.6 Å². The number of anilines is 1. The summed E-state index contributed by atoms with van der Waals surface area (Å²) in [6.07, 6.45) is 1.47. The number of piperidine rings is 1. The summed E-state index contributed by atoms with van der Waals surface area (Å²) >= 11 is 12.6. The van der Waals surface area contributed by atoms with Crippen molar-refractivity contribution in [3.8, 4) is 0 Å². The molecule has 2 saturated heterocycles. The molecular weight excluding hydrogens is 485 g/mol. The van der Waals surface area contributed by atoms with E-state index in [0.717, 1.165) is 31.5 Å². The standard InChI is InChI=1S/C23H27Cl2N3O4S/c24-21-2-1-3-22(25)20(21)16-27-10-8-17(9-11-27)23(29)26-18-4-6-19(7-5-18)33(30,31)28-12-14-32-15-13-28/h1-7,17H,8-16H2,(H,26,29). The Hall–Kier alpha value is -1.68. The molecule has 10 heteroatoms. The number of amides is 1. The maximum atomic E-state index is 12.8. The monoisotopic (exact) mass is 511 g/mol. The Morgan fingerprint density at radius 2 is 1.58 bits per heavy atom. The third kappa shape index (κ3) is 5.88. The van der Waals surface area contributed by atoms with E-state index in [2.05, 4.69) is 10.2 Å². The summed E-state index contributed by atoms with van der Waals surface area (Å²) in [6.45, 7) is 3.71. The van der Waals surface area contributed by atoms with Crippen molar-refractivity contribution >= 4 is 44.8 Å². The van der Waals surface area contributed by atoms with Gasteiger partial charge in [-0.1, -0.05) is 29.3 Å². The van der Waals surface area contributed by atoms with Crippen molar-refractivity contribution in [2.45, 2.75) is 24.3 Å². The van der Waals surface area contributed by atoms with E-state index >= 15 is 0 Å². The Morgan fingerprint density at radius 3 is 2.18 bits per heavy atom. The molecule has 0 unspecified atom stereocenters. The van der Waals surface area contributed by atoms with Gasteiger partial charge in [-0.2, -0.15) is 4.31 Å². The van der Waals surface area contributed by atoms with Crippen molar-refractivity contribution in [3.63, 3.8) is 0 Å². The van der Waals surface area contributed by atoms with E-state index in [9.17, 15) is 13.2 Å². The molecule has 7 nitrogen and oxygen atoms in total. The molecule has 2 aliphatic heterocycles. The van der Waals surface area contributed by atoms with Crippen molar-refractivity contribution in [1.29, 1.82) is 0 Å². The van der Waals surface area contributed by atoms with Crippen LogP contribution in [0.25, 0.3) is 0 Å². The van der Waals surface area contributed by atoms with Crippen LogP contribution in [0.4, 0.5) is 5.69 Å². The normalized spacial score (nSPS) is 18.8. The Morgan fingerprint density at radius 1 is 0.970 bits per heavy atom. The van der Waals surface area contributed by atoms with Crippen molar-refractivity contribution in [2.75, 3.05) is 44.7 Å². The maximum absolute atomic E-state index is 12.8. The molecule has 2 heterocycles. The first-order valence-corrected chi connectivity index (χ1v) is 13.2. The van der Waals surface area contributed by atoms with Crippen LogP contribution >= 0.6 is 23.2 Å². The predicted molar refractivity (Wildman–Crippen MR) is 129 cm³/mol. The lowest BCUT2D eigenvalue weighted by atomic mass is 9.95. The second-order valence-electron chi connectivity index (χ2n) is 8.28. The van der Waals surface area contributed by atoms with Crippen LogP contribution in [0, 0.1) is 5.92 Å². The molecule has 1 amide bonds. The fourth-order valence-electron chi connectivity index (χ4n) is 4.15. The highest BCUT2D eigenvalue weighted by molar-refractivity contribution is 7.89. The summed E-state index contributed by atoms with van der Waals surface area (Å²) in [7, 11) is -3.55. The second-order valence-corrected chi connectivity index (χ2v) is 11.0. The number of sulfonamides is 1. The lowest BCUT2D eigenvalue weighted by Gasteiger charge is -2.31. The van der Waals surface area contributed by atoms with E-state index < -0.39 is 10.0 Å². The van der Waals surface area contributed by atoms with Crippen LogP contribution in [-0.4, -0.2) is 62.9 Å². The van der Waals surface area contributed by atoms with Gasteiger partial charge >= 0.3 is 0 Å². The van der Waals surface area contributed by atoms with Gasteiger partial charge in [-0.05, 0) is 62.3 Å². The zero-order chi connectivity index (χ0) is 23.4. The molecule has 0 aliphatic carbocycles. The molecule has 2 aromatic rings. The Kier molecular flexibility index (Phi) is 7.94. The summed E-state index contributed by atoms with van der Waals surface area (Å²) in [5.74, 6) is -0.145. The second kappa shape index (κ2) is 10.7. The zero-order valence-electron chi connectivity index (χ0n) is 18.2. The first-order chi connectivity index (χ1) is 15.8. The minimum atomic E-state index is -3.55. The number of carbonyl (C=O) groups excluding carboxylic acids is 1. The third-order valence-corrected chi connectivity index (χ3v) is 8.75. The summed E-state index contributed by atoms with van der Waals surface area (Å²) in [5.41, 5.74) is 1.50. The molecule has 0 saturated carbocycles. The van der Waals surface area contributed by atoms with Crippen molar-refractivity contribution in [3.05, 3.63) is 58.1 Å². The molecule has 2 fully saturated rings. The number of rotatable bonds is 6. The molecule has 0 radical (unpaired) electrons. The fourth-order valence-corrected chi connectivity index (χ4v) is 6.08. The van der Waals surface area contributed by atoms with Gasteiger partial charge in [-0.25, -0.2) is 8.42 Å². The van der Waals surface area contributed by atoms with Gasteiger partial charge in [0.1, 0.15) is 0 Å². The van der Waals surface area contributed by atoms with Crippen molar-refractivity contribution in [2.24, 2.45) is 5.92 Å². The van der Waals surface area contributed by atoms with Gasteiger partial charge in [0.25, 0.3) is 0 Å². The van der Waals surface area contributed by atoms with Gasteiger partial charge in [0, 0.05) is 46.8 Å². The smallest absolute Gasteiger partial charge is 0.243 e. The average Bonchev–Trinajstić information content (AvgIpc) is 2.83. The van der Waals surface area contributed by atoms with Crippen molar-refractivity contribution in [1.82, 2.24) is 9.21 Å². The predicted octanol–water partition coefficient (Wildman–Crippen LogP) is 3.87. The van der Waals surface area contributed by atoms with Gasteiger partial charge in [0.2, 0.25) is 15.9 Å². The molecule has 4 rings (SSSR count). The summed E-state index contributed by atoms with van der Waals surface area (Å²) < 4.78 is 32.1. The number of morpholine rings is 1. The van der Waals surface area contributed by atoms with E-state index in [-0.39, 0.29) is 16.7 Å². The zero-order valence-corrected chi connectivity index (χ0v) is 20.5. The number of carbonyl (C=O) groups is 1. The van der Waals surface area contributed by atoms with E-state index in [4.69, 9.17) is 27.9 Å². The van der Waals surface area contributed by atoms with Crippen LogP contribution in [0.3, 0.4) is 0 Å². The number of benzene rings is 2. The maximum Gasteiger partial charge on any atom is 0.243 e. The number of nitrogens with zero attached hydrogens (tertiary/aromatic N) is 2. The SMILES string of the molecule is O=C(Nc1ccc(S(=O)(=O)N2CCOCC2)cc1)C1CCN(Cc2c(Cl)cccc2Cl)CC1. The number of likely N-dealkylation sites (tertiary alicyclic amines) is 1. The number of ether oxygens (including phenoxy) is 1. The highest BCUT2D eigenvalue weighted by Crippen LogP contribution is 2.28. The van der Waals surface area contributed by atoms with Gasteiger partial charge in [-0.3, -0.25) is 9.69 Å². The van der Waals surface area contributed by atoms with Crippen LogP contribution < -0.4 is 5.32 Å². The molecule has 0 aromatic heterocycles. The lowest BCUT2D eigenvalue weighted by molar-refractivity contribution is -0.121. The van der Waals surface area contributed by atoms with Gasteiger partial charge in [-0.15, -0.1) is 0 Å². The van der Waals surface area contributed by atoms with Gasteiger partial charge < -0.3 is 10.1 Å². The van der Waals surface area contributed by atoms with Crippen LogP contribution in [0.5, 0.6) is 0 Å². The molecule has 33 heavy (non-hydrogen) atoms. The largest absolute Gasteiger partial charge is 0.379 e. The summed E-state index contributed by atoms with van der Waals surface area (Å²) in [6, 6.07) is 11.8. The molecule has 1 N–H and O–H groups in total. The minimum Gasteiger partial charge on any atom is -0.379 e. The van der Waals surface area contributed by atoms with E-state index in [1.54, 1.807) is 12.1 Å². The molecule has 0 spiro atoms. The van der Waals surface area contributed by atoms with Crippen LogP contribution in [0.2, 0.25) is 10.0 Å². The number of nitrogens with one attached hydrogen (secondary N) is 1. The number of halogens is 2. The first kappa shape index (κ1) is 24.4. The Bertz CT molecular complexity index is 1060. The first-order valence-electron chi connectivity index (χ1n) is 11.0. The quantitative estimate of drug-likeness (QED) is 0.636. The molecule has 2 aromatic carbocycles. The molecule has 2 aliphatic rings. The third-order valence-electron chi connectivity index (χ3n) is 6.13. The van der Waals surface area contributed by atoms with Crippen LogP contribution in [0.15, 0.2) is 47.4 Å². The summed E-state index contributed by atoms with van der Waals surface area (Å²) in [4.78, 5) is 15.2. The van der Waals surface area contributed by atoms with E-state index in [1.807, 2.05) is 18.2 Å². The number of hydrogen-bond donors (Lipinski definition) is 1. The Balaban J connectivity index is 1.30. The highest BCUT2D eigenvalue weighted by Gasteiger charge is 2.27. The molecule has 178 valence electrons. The Labute approximate surface area is 204 Å². The van der Waals surface area contributed by atoms with E-state index in [1.165, 1.54) is 16.4 Å². The van der Waals surface area contributed by atoms with Crippen molar-refractivity contribution < 1.29 is 17.9 Å². The molecule has 0 bridgehead atoms. The van der Waals surface area contributed by atoms with Crippen LogP contribution in [-0.2, 0) is 26.1 Å². The molecule has 0 atom stereocenters. The summed E-state index contributed by atoms with van der Waals surface area (Å²) in [5, 5.41) is 4.23. The topological polar surface area (TPSA) is 79.0 Å². The average molecular weight is 512 g/mol. The van der Waals surface area contributed by atoms with Gasteiger partial charge in [0.15, 0.2) is 0 Å². The molecular formula is C23H27Cl2N3O4S.